The first-order chi connectivity index (χ1) is 29.2. The number of benzene rings is 3. The summed E-state index contributed by atoms with van der Waals surface area (Å²) in [6, 6.07) is 20.9. The monoisotopic (exact) mass is 862 g/mol. The molecule has 326 valence electrons. The Hall–Kier alpha value is -6.48. The van der Waals surface area contributed by atoms with Crippen LogP contribution in [0.2, 0.25) is 0 Å². The Morgan fingerprint density at radius 1 is 0.623 bits per heavy atom. The molecule has 0 aliphatic carbocycles. The van der Waals surface area contributed by atoms with Gasteiger partial charge in [0.2, 0.25) is 0 Å². The van der Waals surface area contributed by atoms with E-state index in [0.29, 0.717) is 75.7 Å². The minimum absolute atomic E-state index is 0.0134. The maximum atomic E-state index is 13.1. The molecule has 5 aromatic rings. The summed E-state index contributed by atoms with van der Waals surface area (Å²) in [5, 5.41) is 0. The van der Waals surface area contributed by atoms with Crippen molar-refractivity contribution in [1.82, 2.24) is 19.1 Å². The van der Waals surface area contributed by atoms with Crippen LogP contribution in [-0.4, -0.2) is 104 Å². The maximum absolute atomic E-state index is 13.1. The van der Waals surface area contributed by atoms with E-state index < -0.39 is 42.4 Å². The summed E-state index contributed by atoms with van der Waals surface area (Å²) in [5.74, 6) is 1.58. The second kappa shape index (κ2) is 19.7. The zero-order valence-electron chi connectivity index (χ0n) is 32.5. The Morgan fingerprint density at radius 3 is 1.59 bits per heavy atom. The minimum Gasteiger partial charge on any atom is -0.497 e. The third kappa shape index (κ3) is 12.5. The molecule has 21 heteroatoms. The fourth-order valence-electron chi connectivity index (χ4n) is 6.02. The van der Waals surface area contributed by atoms with Crippen LogP contribution in [0.3, 0.4) is 0 Å². The zero-order valence-corrected chi connectivity index (χ0v) is 32.5. The van der Waals surface area contributed by atoms with Gasteiger partial charge in [-0.3, -0.25) is 14.6 Å². The molecule has 0 unspecified atom stereocenters. The molecule has 61 heavy (non-hydrogen) atoms. The van der Waals surface area contributed by atoms with Crippen LogP contribution in [0.15, 0.2) is 99.3 Å². The van der Waals surface area contributed by atoms with Gasteiger partial charge in [0, 0.05) is 38.3 Å². The van der Waals surface area contributed by atoms with E-state index in [1.807, 2.05) is 21.9 Å². The smallest absolute Gasteiger partial charge is 0.422 e. The molecule has 0 saturated carbocycles. The highest BCUT2D eigenvalue weighted by molar-refractivity contribution is 5.45. The van der Waals surface area contributed by atoms with E-state index in [2.05, 4.69) is 14.7 Å². The van der Waals surface area contributed by atoms with Crippen molar-refractivity contribution >= 4 is 11.6 Å². The molecular formula is C40H40F6N6O9. The number of nitrogens with zero attached hydrogens (tertiary/aromatic N) is 5. The Morgan fingerprint density at radius 2 is 1.10 bits per heavy atom. The SMILES string of the molecule is COc1ccc(COc2nc(N3CCOCC3)cc(=O)n2-c2ccc(OCC(F)(F)F)cc2)cc1.O=c1cc(N2CCOCC2)[nH]c(=O)n1-c1ccc(OCC(F)(F)F)cc1. The predicted molar refractivity (Wildman–Crippen MR) is 209 cm³/mol. The first-order valence-corrected chi connectivity index (χ1v) is 18.7. The summed E-state index contributed by atoms with van der Waals surface area (Å²) in [7, 11) is 1.57. The van der Waals surface area contributed by atoms with Crippen molar-refractivity contribution in [1.29, 1.82) is 0 Å². The summed E-state index contributed by atoms with van der Waals surface area (Å²) in [6.07, 6.45) is -8.89. The first-order valence-electron chi connectivity index (χ1n) is 18.7. The molecule has 2 aromatic heterocycles. The van der Waals surface area contributed by atoms with Crippen LogP contribution in [0.25, 0.3) is 11.4 Å². The zero-order chi connectivity index (χ0) is 43.6. The summed E-state index contributed by atoms with van der Waals surface area (Å²) in [4.78, 5) is 48.8. The van der Waals surface area contributed by atoms with Crippen LogP contribution in [0, 0.1) is 0 Å². The first kappa shape index (κ1) is 44.1. The summed E-state index contributed by atoms with van der Waals surface area (Å²) in [5.41, 5.74) is -0.138. The van der Waals surface area contributed by atoms with E-state index in [0.717, 1.165) is 10.1 Å². The lowest BCUT2D eigenvalue weighted by Crippen LogP contribution is -2.41. The van der Waals surface area contributed by atoms with Crippen molar-refractivity contribution in [2.75, 3.05) is 82.7 Å². The summed E-state index contributed by atoms with van der Waals surface area (Å²) < 4.78 is 107. The number of aromatic nitrogens is 4. The van der Waals surface area contributed by atoms with Gasteiger partial charge in [0.05, 0.1) is 44.9 Å². The predicted octanol–water partition coefficient (Wildman–Crippen LogP) is 4.90. The molecule has 2 fully saturated rings. The van der Waals surface area contributed by atoms with Crippen LogP contribution in [0.4, 0.5) is 38.0 Å². The quantitative estimate of drug-likeness (QED) is 0.170. The number of H-pyrrole nitrogens is 1. The summed E-state index contributed by atoms with van der Waals surface area (Å²) in [6.45, 7) is 1.65. The van der Waals surface area contributed by atoms with Gasteiger partial charge >= 0.3 is 24.1 Å². The number of ether oxygens (including phenoxy) is 6. The van der Waals surface area contributed by atoms with E-state index in [1.165, 1.54) is 65.2 Å². The third-order valence-electron chi connectivity index (χ3n) is 9.00. The Bertz CT molecular complexity index is 2340. The van der Waals surface area contributed by atoms with E-state index in [-0.39, 0.29) is 29.8 Å². The van der Waals surface area contributed by atoms with Gasteiger partial charge in [-0.05, 0) is 66.2 Å². The third-order valence-corrected chi connectivity index (χ3v) is 9.00. The molecule has 0 atom stereocenters. The van der Waals surface area contributed by atoms with Crippen LogP contribution in [0.1, 0.15) is 5.56 Å². The van der Waals surface area contributed by atoms with E-state index >= 15 is 0 Å². The Labute approximate surface area is 343 Å². The Balaban J connectivity index is 0.000000213. The molecule has 0 radical (unpaired) electrons. The molecule has 7 rings (SSSR count). The molecule has 4 heterocycles. The van der Waals surface area contributed by atoms with Crippen molar-refractivity contribution in [2.24, 2.45) is 0 Å². The van der Waals surface area contributed by atoms with Crippen LogP contribution in [0.5, 0.6) is 23.3 Å². The fraction of sp³-hybridized carbons (Fsp3) is 0.350. The molecule has 0 amide bonds. The average molecular weight is 863 g/mol. The summed E-state index contributed by atoms with van der Waals surface area (Å²) >= 11 is 0. The fourth-order valence-corrected chi connectivity index (χ4v) is 6.02. The van der Waals surface area contributed by atoms with Gasteiger partial charge in [0.15, 0.2) is 13.2 Å². The number of rotatable bonds is 12. The number of halogens is 6. The number of anilines is 2. The number of morpholine rings is 2. The van der Waals surface area contributed by atoms with Gasteiger partial charge in [0.1, 0.15) is 35.5 Å². The molecule has 2 aliphatic rings. The number of hydrogen-bond acceptors (Lipinski definition) is 12. The van der Waals surface area contributed by atoms with Gasteiger partial charge in [-0.1, -0.05) is 12.1 Å². The lowest BCUT2D eigenvalue weighted by atomic mass is 10.2. The molecule has 3 aromatic carbocycles. The molecule has 2 aliphatic heterocycles. The largest absolute Gasteiger partial charge is 0.497 e. The van der Waals surface area contributed by atoms with Crippen LogP contribution >= 0.6 is 0 Å². The topological polar surface area (TPSA) is 152 Å². The number of alkyl halides is 6. The van der Waals surface area contributed by atoms with Crippen molar-refractivity contribution in [3.05, 3.63) is 122 Å². The van der Waals surface area contributed by atoms with Crippen molar-refractivity contribution in [2.45, 2.75) is 19.0 Å². The number of aromatic amines is 1. The number of methoxy groups -OCH3 is 1. The highest BCUT2D eigenvalue weighted by Gasteiger charge is 2.29. The maximum Gasteiger partial charge on any atom is 0.422 e. The second-order valence-electron chi connectivity index (χ2n) is 13.3. The normalized spacial score (nSPS) is 14.5. The lowest BCUT2D eigenvalue weighted by molar-refractivity contribution is -0.154. The standard InChI is InChI=1S/C24H24F3N3O5.C16H16F3N3O4/c1-32-19-6-2-17(3-7-19)15-34-23-28-21(29-10-12-33-13-11-29)14-22(31)30(23)18-4-8-20(9-5-18)35-16-24(25,26)27;17-16(18,19)10-26-12-3-1-11(2-4-12)22-14(23)9-13(20-15(22)24)21-5-7-25-8-6-21/h2-9,14H,10-13,15-16H2,1H3;1-4,9H,5-8,10H2,(H,20,24). The van der Waals surface area contributed by atoms with E-state index in [4.69, 9.17) is 23.7 Å². The van der Waals surface area contributed by atoms with Gasteiger partial charge in [-0.15, -0.1) is 0 Å². The number of hydrogen-bond donors (Lipinski definition) is 1. The number of nitrogens with one attached hydrogen (secondary N) is 1. The highest BCUT2D eigenvalue weighted by atomic mass is 19.4. The van der Waals surface area contributed by atoms with Crippen molar-refractivity contribution in [3.63, 3.8) is 0 Å². The molecule has 1 N–H and O–H groups in total. The molecule has 2 saturated heterocycles. The van der Waals surface area contributed by atoms with Crippen LogP contribution in [-0.2, 0) is 16.1 Å². The average Bonchev–Trinajstić information content (AvgIpc) is 3.25. The minimum atomic E-state index is -4.45. The van der Waals surface area contributed by atoms with E-state index in [1.54, 1.807) is 19.2 Å². The van der Waals surface area contributed by atoms with Gasteiger partial charge in [-0.25, -0.2) is 13.9 Å². The molecule has 15 nitrogen and oxygen atoms in total. The van der Waals surface area contributed by atoms with Crippen molar-refractivity contribution in [3.8, 4) is 34.6 Å². The lowest BCUT2D eigenvalue weighted by Gasteiger charge is -2.28. The van der Waals surface area contributed by atoms with E-state index in [9.17, 15) is 40.7 Å². The van der Waals surface area contributed by atoms with Gasteiger partial charge in [0.25, 0.3) is 11.1 Å². The molecular weight excluding hydrogens is 822 g/mol. The van der Waals surface area contributed by atoms with Crippen molar-refractivity contribution < 1.29 is 54.8 Å². The Kier molecular flexibility index (Phi) is 14.3. The van der Waals surface area contributed by atoms with Gasteiger partial charge in [-0.2, -0.15) is 31.3 Å². The van der Waals surface area contributed by atoms with Gasteiger partial charge < -0.3 is 38.2 Å². The second-order valence-corrected chi connectivity index (χ2v) is 13.3. The molecule has 0 bridgehead atoms. The van der Waals surface area contributed by atoms with Crippen LogP contribution < -0.4 is 45.6 Å². The molecule has 0 spiro atoms. The highest BCUT2D eigenvalue weighted by Crippen LogP contribution is 2.24.